The normalized spacial score (nSPS) is 15.7. The number of aromatic nitrogens is 4. The van der Waals surface area contributed by atoms with Gasteiger partial charge < -0.3 is 19.7 Å². The number of ether oxygens (including phenoxy) is 2. The maximum absolute atomic E-state index is 14.5. The minimum Gasteiger partial charge on any atom is -0.493 e. The van der Waals surface area contributed by atoms with Crippen molar-refractivity contribution in [1.29, 1.82) is 0 Å². The van der Waals surface area contributed by atoms with Crippen LogP contribution in [0.5, 0.6) is 5.75 Å². The van der Waals surface area contributed by atoms with Crippen LogP contribution < -0.4 is 10.1 Å². The van der Waals surface area contributed by atoms with Gasteiger partial charge >= 0.3 is 0 Å². The highest BCUT2D eigenvalue weighted by atomic mass is 19.1. The van der Waals surface area contributed by atoms with Gasteiger partial charge in [0.2, 0.25) is 11.9 Å². The van der Waals surface area contributed by atoms with Crippen LogP contribution >= 0.6 is 0 Å². The number of anilines is 1. The number of nitrogens with one attached hydrogen (secondary N) is 1. The molecule has 0 saturated heterocycles. The zero-order valence-corrected chi connectivity index (χ0v) is 18.4. The number of benzene rings is 1. The van der Waals surface area contributed by atoms with Crippen LogP contribution in [0.25, 0.3) is 11.2 Å². The van der Waals surface area contributed by atoms with Gasteiger partial charge in [-0.2, -0.15) is 0 Å². The molecule has 2 aliphatic heterocycles. The molecule has 0 saturated carbocycles. The molecule has 10 heteroatoms. The lowest BCUT2D eigenvalue weighted by atomic mass is 10.0. The van der Waals surface area contributed by atoms with Crippen LogP contribution in [0, 0.1) is 5.82 Å². The lowest BCUT2D eigenvalue weighted by molar-refractivity contribution is -0.135. The average molecular weight is 452 g/mol. The molecule has 1 aromatic carbocycles. The summed E-state index contributed by atoms with van der Waals surface area (Å²) in [5, 5.41) is 11.6. The van der Waals surface area contributed by atoms with Gasteiger partial charge in [0.25, 0.3) is 0 Å². The van der Waals surface area contributed by atoms with E-state index in [9.17, 15) is 9.18 Å². The van der Waals surface area contributed by atoms with Crippen molar-refractivity contribution in [2.45, 2.75) is 25.8 Å². The van der Waals surface area contributed by atoms with Crippen LogP contribution in [-0.2, 0) is 22.5 Å². The SMILES string of the molecule is COCC(=O)N1CCC=C(c2cnc(NCc3c(F)ccc4c3CCO4)n3cnnc23)CC1. The predicted octanol–water partition coefficient (Wildman–Crippen LogP) is 2.46. The minimum absolute atomic E-state index is 0.0116. The number of nitrogens with zero attached hydrogens (tertiary/aromatic N) is 5. The largest absolute Gasteiger partial charge is 0.493 e. The molecule has 0 fully saturated rings. The predicted molar refractivity (Wildman–Crippen MR) is 119 cm³/mol. The number of rotatable bonds is 6. The maximum atomic E-state index is 14.5. The van der Waals surface area contributed by atoms with Crippen LogP contribution in [0.2, 0.25) is 0 Å². The number of hydrogen-bond donors (Lipinski definition) is 1. The fourth-order valence-electron chi connectivity index (χ4n) is 4.42. The van der Waals surface area contributed by atoms with Gasteiger partial charge in [0.05, 0.1) is 6.61 Å². The summed E-state index contributed by atoms with van der Waals surface area (Å²) in [6.45, 7) is 2.19. The Hall–Kier alpha value is -3.53. The van der Waals surface area contributed by atoms with E-state index < -0.39 is 0 Å². The van der Waals surface area contributed by atoms with E-state index in [1.807, 2.05) is 4.90 Å². The monoisotopic (exact) mass is 452 g/mol. The molecular formula is C23H25FN6O3. The van der Waals surface area contributed by atoms with Crippen molar-refractivity contribution in [3.05, 3.63) is 53.2 Å². The molecule has 0 spiro atoms. The van der Waals surface area contributed by atoms with Gasteiger partial charge in [-0.25, -0.2) is 9.37 Å². The molecule has 0 aliphatic carbocycles. The molecule has 0 bridgehead atoms. The number of methoxy groups -OCH3 is 1. The molecule has 1 amide bonds. The second kappa shape index (κ2) is 9.14. The van der Waals surface area contributed by atoms with Gasteiger partial charge in [-0.3, -0.25) is 9.20 Å². The van der Waals surface area contributed by atoms with Crippen LogP contribution in [0.1, 0.15) is 29.5 Å². The van der Waals surface area contributed by atoms with Gasteiger partial charge in [0.1, 0.15) is 24.5 Å². The van der Waals surface area contributed by atoms with Crippen LogP contribution in [0.15, 0.2) is 30.7 Å². The van der Waals surface area contributed by atoms with Crippen molar-refractivity contribution < 1.29 is 18.7 Å². The van der Waals surface area contributed by atoms with Crippen molar-refractivity contribution in [1.82, 2.24) is 24.5 Å². The topological polar surface area (TPSA) is 93.9 Å². The standard InChI is InChI=1S/C23H25FN6O3/c1-32-13-21(31)29-8-2-3-15(6-9-29)17-11-25-23(30-14-27-28-22(17)30)26-12-18-16-7-10-33-20(16)5-4-19(18)24/h3-5,11,14H,2,6-10,12-13H2,1H3,(H,25,26). The molecule has 4 heterocycles. The quantitative estimate of drug-likeness (QED) is 0.614. The molecule has 3 aromatic rings. The Morgan fingerprint density at radius 2 is 2.21 bits per heavy atom. The number of hydrogen-bond acceptors (Lipinski definition) is 7. The summed E-state index contributed by atoms with van der Waals surface area (Å²) < 4.78 is 26.8. The zero-order valence-electron chi connectivity index (χ0n) is 18.4. The Bertz CT molecular complexity index is 1220. The minimum atomic E-state index is -0.264. The number of halogens is 1. The molecule has 2 aromatic heterocycles. The Labute approximate surface area is 190 Å². The van der Waals surface area contributed by atoms with Crippen molar-refractivity contribution >= 4 is 23.1 Å². The summed E-state index contributed by atoms with van der Waals surface area (Å²) in [6, 6.07) is 3.11. The maximum Gasteiger partial charge on any atom is 0.248 e. The van der Waals surface area contributed by atoms with Gasteiger partial charge in [0.15, 0.2) is 5.65 Å². The Kier molecular flexibility index (Phi) is 5.91. The highest BCUT2D eigenvalue weighted by Crippen LogP contribution is 2.31. The zero-order chi connectivity index (χ0) is 22.8. The molecule has 33 heavy (non-hydrogen) atoms. The van der Waals surface area contributed by atoms with Crippen molar-refractivity contribution in [2.75, 3.05) is 38.7 Å². The van der Waals surface area contributed by atoms with E-state index in [2.05, 4.69) is 26.6 Å². The van der Waals surface area contributed by atoms with Gasteiger partial charge in [-0.15, -0.1) is 10.2 Å². The first-order valence-electron chi connectivity index (χ1n) is 11.0. The molecule has 0 unspecified atom stereocenters. The van der Waals surface area contributed by atoms with Crippen LogP contribution in [-0.4, -0.2) is 63.8 Å². The van der Waals surface area contributed by atoms with E-state index in [0.717, 1.165) is 28.9 Å². The van der Waals surface area contributed by atoms with E-state index in [4.69, 9.17) is 9.47 Å². The summed E-state index contributed by atoms with van der Waals surface area (Å²) in [4.78, 5) is 18.6. The first-order valence-corrected chi connectivity index (χ1v) is 11.0. The smallest absolute Gasteiger partial charge is 0.248 e. The van der Waals surface area contributed by atoms with Crippen molar-refractivity contribution in [2.24, 2.45) is 0 Å². The third kappa shape index (κ3) is 4.13. The number of carbonyl (C=O) groups excluding carboxylic acids is 1. The summed E-state index contributed by atoms with van der Waals surface area (Å²) in [5.74, 6) is 0.993. The van der Waals surface area contributed by atoms with E-state index >= 15 is 0 Å². The van der Waals surface area contributed by atoms with Crippen molar-refractivity contribution in [3.63, 3.8) is 0 Å². The second-order valence-electron chi connectivity index (χ2n) is 8.06. The summed E-state index contributed by atoms with van der Waals surface area (Å²) >= 11 is 0. The molecule has 0 radical (unpaired) electrons. The Morgan fingerprint density at radius 1 is 1.30 bits per heavy atom. The first kappa shape index (κ1) is 21.3. The highest BCUT2D eigenvalue weighted by molar-refractivity contribution is 5.80. The van der Waals surface area contributed by atoms with Gasteiger partial charge in [-0.05, 0) is 30.5 Å². The first-order chi connectivity index (χ1) is 16.2. The fourth-order valence-corrected chi connectivity index (χ4v) is 4.42. The van der Waals surface area contributed by atoms with E-state index in [1.54, 1.807) is 23.0 Å². The van der Waals surface area contributed by atoms with E-state index in [1.165, 1.54) is 13.2 Å². The summed E-state index contributed by atoms with van der Waals surface area (Å²) in [6.07, 6.45) is 7.60. The number of amides is 1. The Morgan fingerprint density at radius 3 is 3.09 bits per heavy atom. The molecule has 5 rings (SSSR count). The fraction of sp³-hybridized carbons (Fsp3) is 0.391. The van der Waals surface area contributed by atoms with E-state index in [0.29, 0.717) is 49.7 Å². The lowest BCUT2D eigenvalue weighted by Gasteiger charge is -2.20. The number of carbonyl (C=O) groups is 1. The summed E-state index contributed by atoms with van der Waals surface area (Å²) in [5.41, 5.74) is 4.10. The Balaban J connectivity index is 1.36. The molecule has 2 aliphatic rings. The molecule has 9 nitrogen and oxygen atoms in total. The lowest BCUT2D eigenvalue weighted by Crippen LogP contribution is -2.34. The molecular weight excluding hydrogens is 427 g/mol. The average Bonchev–Trinajstić information content (AvgIpc) is 3.43. The molecule has 0 atom stereocenters. The highest BCUT2D eigenvalue weighted by Gasteiger charge is 2.21. The van der Waals surface area contributed by atoms with Gasteiger partial charge in [-0.1, -0.05) is 6.08 Å². The van der Waals surface area contributed by atoms with Gasteiger partial charge in [0, 0.05) is 56.1 Å². The molecule has 1 N–H and O–H groups in total. The van der Waals surface area contributed by atoms with Crippen LogP contribution in [0.3, 0.4) is 0 Å². The second-order valence-corrected chi connectivity index (χ2v) is 8.06. The molecule has 172 valence electrons. The summed E-state index contributed by atoms with van der Waals surface area (Å²) in [7, 11) is 1.52. The van der Waals surface area contributed by atoms with E-state index in [-0.39, 0.29) is 24.9 Å². The third-order valence-electron chi connectivity index (χ3n) is 6.10. The third-order valence-corrected chi connectivity index (χ3v) is 6.10. The van der Waals surface area contributed by atoms with Crippen LogP contribution in [0.4, 0.5) is 10.3 Å². The number of fused-ring (bicyclic) bond motifs is 2. The van der Waals surface area contributed by atoms with Crippen molar-refractivity contribution in [3.8, 4) is 5.75 Å².